The average molecular weight is 346 g/mol. The van der Waals surface area contributed by atoms with Crippen molar-refractivity contribution >= 4 is 11.3 Å². The van der Waals surface area contributed by atoms with E-state index in [0.717, 1.165) is 39.0 Å². The highest BCUT2D eigenvalue weighted by Gasteiger charge is 2.48. The number of rotatable bonds is 6. The molecule has 1 aliphatic heterocycles. The van der Waals surface area contributed by atoms with Gasteiger partial charge in [0.25, 0.3) is 0 Å². The lowest BCUT2D eigenvalue weighted by atomic mass is 9.68. The zero-order chi connectivity index (χ0) is 16.3. The normalized spacial score (nSPS) is 26.2. The minimum atomic E-state index is 0.116. The number of aromatic nitrogens is 2. The van der Waals surface area contributed by atoms with Gasteiger partial charge in [0.15, 0.2) is 0 Å². The second kappa shape index (κ2) is 6.98. The van der Waals surface area contributed by atoms with Crippen LogP contribution in [-0.2, 0) is 16.7 Å². The molecule has 3 heterocycles. The van der Waals surface area contributed by atoms with Gasteiger partial charge in [-0.25, -0.2) is 0 Å². The molecule has 2 aliphatic rings. The Hall–Kier alpha value is -1.17. The zero-order valence-electron chi connectivity index (χ0n) is 14.2. The van der Waals surface area contributed by atoms with Crippen molar-refractivity contribution < 1.29 is 4.74 Å². The van der Waals surface area contributed by atoms with Crippen molar-refractivity contribution in [2.24, 2.45) is 0 Å². The van der Waals surface area contributed by atoms with E-state index >= 15 is 0 Å². The molecule has 1 atom stereocenters. The highest BCUT2D eigenvalue weighted by Crippen LogP contribution is 2.49. The van der Waals surface area contributed by atoms with Crippen LogP contribution in [0.1, 0.15) is 55.5 Å². The van der Waals surface area contributed by atoms with E-state index in [4.69, 9.17) is 4.74 Å². The van der Waals surface area contributed by atoms with Crippen molar-refractivity contribution in [2.75, 3.05) is 13.2 Å². The third kappa shape index (κ3) is 3.30. The molecule has 1 aliphatic carbocycles. The summed E-state index contributed by atoms with van der Waals surface area (Å²) in [5.74, 6) is 0. The fourth-order valence-corrected chi connectivity index (χ4v) is 5.30. The Bertz CT molecular complexity index is 619. The summed E-state index contributed by atoms with van der Waals surface area (Å²) >= 11 is 1.82. The lowest BCUT2D eigenvalue weighted by Gasteiger charge is -2.46. The van der Waals surface area contributed by atoms with Gasteiger partial charge in [-0.15, -0.1) is 11.3 Å². The van der Waals surface area contributed by atoms with Gasteiger partial charge >= 0.3 is 0 Å². The van der Waals surface area contributed by atoms with E-state index in [0.29, 0.717) is 0 Å². The number of H-pyrrole nitrogens is 1. The van der Waals surface area contributed by atoms with Crippen LogP contribution < -0.4 is 5.32 Å². The number of nitrogens with one attached hydrogen (secondary N) is 2. The predicted molar refractivity (Wildman–Crippen MR) is 97.3 cm³/mol. The van der Waals surface area contributed by atoms with Crippen LogP contribution >= 0.6 is 11.3 Å². The van der Waals surface area contributed by atoms with Crippen LogP contribution in [0.2, 0.25) is 0 Å². The van der Waals surface area contributed by atoms with Crippen LogP contribution in [0.5, 0.6) is 0 Å². The van der Waals surface area contributed by atoms with E-state index in [9.17, 15) is 0 Å². The van der Waals surface area contributed by atoms with Gasteiger partial charge in [-0.3, -0.25) is 5.10 Å². The van der Waals surface area contributed by atoms with Crippen molar-refractivity contribution in [3.8, 4) is 0 Å². The lowest BCUT2D eigenvalue weighted by Crippen LogP contribution is -2.47. The van der Waals surface area contributed by atoms with Gasteiger partial charge in [-0.1, -0.05) is 18.9 Å². The van der Waals surface area contributed by atoms with Gasteiger partial charge < -0.3 is 10.1 Å². The summed E-state index contributed by atoms with van der Waals surface area (Å²) in [6, 6.07) is 6.49. The third-order valence-electron chi connectivity index (χ3n) is 5.87. The van der Waals surface area contributed by atoms with E-state index < -0.39 is 0 Å². The number of nitrogens with zero attached hydrogens (tertiary/aromatic N) is 1. The Labute approximate surface area is 148 Å². The number of thiophene rings is 1. The van der Waals surface area contributed by atoms with Gasteiger partial charge in [-0.05, 0) is 56.2 Å². The fourth-order valence-electron chi connectivity index (χ4n) is 4.63. The van der Waals surface area contributed by atoms with Gasteiger partial charge in [0.05, 0.1) is 11.3 Å². The molecule has 0 aromatic carbocycles. The van der Waals surface area contributed by atoms with Crippen molar-refractivity contribution in [2.45, 2.75) is 62.5 Å². The fraction of sp³-hybridized carbons (Fsp3) is 0.632. The Balaban J connectivity index is 1.45. The summed E-state index contributed by atoms with van der Waals surface area (Å²) in [6.45, 7) is 2.87. The number of ether oxygens (including phenoxy) is 1. The zero-order valence-corrected chi connectivity index (χ0v) is 15.0. The molecule has 4 nitrogen and oxygen atoms in total. The van der Waals surface area contributed by atoms with Crippen LogP contribution in [-0.4, -0.2) is 29.0 Å². The number of hydrogen-bond donors (Lipinski definition) is 2. The quantitative estimate of drug-likeness (QED) is 0.778. The van der Waals surface area contributed by atoms with Crippen molar-refractivity contribution in [3.05, 3.63) is 40.3 Å². The third-order valence-corrected chi connectivity index (χ3v) is 6.74. The molecular formula is C19H27N3OS. The van der Waals surface area contributed by atoms with E-state index in [1.54, 1.807) is 0 Å². The summed E-state index contributed by atoms with van der Waals surface area (Å²) in [6.07, 6.45) is 10.4. The summed E-state index contributed by atoms with van der Waals surface area (Å²) in [4.78, 5) is 1.41. The number of hydrogen-bond acceptors (Lipinski definition) is 4. The predicted octanol–water partition coefficient (Wildman–Crippen LogP) is 4.01. The minimum absolute atomic E-state index is 0.116. The van der Waals surface area contributed by atoms with E-state index in [1.165, 1.54) is 36.3 Å². The molecule has 0 radical (unpaired) electrons. The van der Waals surface area contributed by atoms with E-state index in [-0.39, 0.29) is 11.0 Å². The maximum absolute atomic E-state index is 6.29. The molecule has 2 N–H and O–H groups in total. The highest BCUT2D eigenvalue weighted by atomic mass is 32.1. The van der Waals surface area contributed by atoms with Gasteiger partial charge in [0, 0.05) is 29.6 Å². The van der Waals surface area contributed by atoms with Crippen molar-refractivity contribution in [1.29, 1.82) is 0 Å². The lowest BCUT2D eigenvalue weighted by molar-refractivity contribution is -0.104. The maximum Gasteiger partial charge on any atom is 0.0691 e. The summed E-state index contributed by atoms with van der Waals surface area (Å²) in [5.41, 5.74) is 1.51. The molecule has 130 valence electrons. The Kier molecular flexibility index (Phi) is 4.74. The standard InChI is InChI=1S/C19H27N3OS/c1-2-7-19(6-1)15-18(9-12-23-19,17-5-10-21-22-17)8-11-20-14-16-4-3-13-24-16/h3-5,10,13,20H,1-2,6-9,11-12,14-15H2,(H,21,22). The molecule has 2 aromatic heterocycles. The molecule has 4 rings (SSSR count). The monoisotopic (exact) mass is 345 g/mol. The first-order chi connectivity index (χ1) is 11.8. The maximum atomic E-state index is 6.29. The average Bonchev–Trinajstić information content (AvgIpc) is 3.34. The van der Waals surface area contributed by atoms with Crippen molar-refractivity contribution in [1.82, 2.24) is 15.5 Å². The number of aromatic amines is 1. The first-order valence-corrected chi connectivity index (χ1v) is 10.1. The first-order valence-electron chi connectivity index (χ1n) is 9.18. The molecular weight excluding hydrogens is 318 g/mol. The van der Waals surface area contributed by atoms with Crippen LogP contribution in [0.3, 0.4) is 0 Å². The second-order valence-electron chi connectivity index (χ2n) is 7.41. The molecule has 5 heteroatoms. The molecule has 0 amide bonds. The molecule has 2 aromatic rings. The largest absolute Gasteiger partial charge is 0.375 e. The Morgan fingerprint density at radius 3 is 2.92 bits per heavy atom. The van der Waals surface area contributed by atoms with Crippen LogP contribution in [0.25, 0.3) is 0 Å². The van der Waals surface area contributed by atoms with Crippen LogP contribution in [0.15, 0.2) is 29.8 Å². The molecule has 0 bridgehead atoms. The molecule has 1 spiro atoms. The van der Waals surface area contributed by atoms with E-state index in [2.05, 4.69) is 39.1 Å². The van der Waals surface area contributed by atoms with E-state index in [1.807, 2.05) is 17.5 Å². The summed E-state index contributed by atoms with van der Waals surface area (Å²) in [5, 5.41) is 13.4. The second-order valence-corrected chi connectivity index (χ2v) is 8.44. The van der Waals surface area contributed by atoms with Crippen molar-refractivity contribution in [3.63, 3.8) is 0 Å². The first kappa shape index (κ1) is 16.3. The topological polar surface area (TPSA) is 49.9 Å². The minimum Gasteiger partial charge on any atom is -0.375 e. The molecule has 1 unspecified atom stereocenters. The summed E-state index contributed by atoms with van der Waals surface area (Å²) in [7, 11) is 0. The van der Waals surface area contributed by atoms with Crippen LogP contribution in [0, 0.1) is 0 Å². The summed E-state index contributed by atoms with van der Waals surface area (Å²) < 4.78 is 6.29. The smallest absolute Gasteiger partial charge is 0.0691 e. The molecule has 1 saturated carbocycles. The molecule has 1 saturated heterocycles. The van der Waals surface area contributed by atoms with Gasteiger partial charge in [0.2, 0.25) is 0 Å². The van der Waals surface area contributed by atoms with Crippen LogP contribution in [0.4, 0.5) is 0 Å². The van der Waals surface area contributed by atoms with Gasteiger partial charge in [-0.2, -0.15) is 5.10 Å². The van der Waals surface area contributed by atoms with Gasteiger partial charge in [0.1, 0.15) is 0 Å². The Morgan fingerprint density at radius 1 is 1.25 bits per heavy atom. The SMILES string of the molecule is c1csc(CNCCC2(c3cc[nH]n3)CCOC3(CCCC3)C2)c1. The Morgan fingerprint density at radius 2 is 2.17 bits per heavy atom. The molecule has 2 fully saturated rings. The highest BCUT2D eigenvalue weighted by molar-refractivity contribution is 7.09. The molecule has 24 heavy (non-hydrogen) atoms.